The first-order chi connectivity index (χ1) is 15.0. The van der Waals surface area contributed by atoms with Gasteiger partial charge in [-0.3, -0.25) is 4.79 Å². The fourth-order valence-corrected chi connectivity index (χ4v) is 4.76. The Morgan fingerprint density at radius 2 is 1.88 bits per heavy atom. The number of hydrogen-bond donors (Lipinski definition) is 0. The Kier molecular flexibility index (Phi) is 6.65. The van der Waals surface area contributed by atoms with E-state index < -0.39 is 47.7 Å². The van der Waals surface area contributed by atoms with Crippen molar-refractivity contribution >= 4 is 17.8 Å². The highest BCUT2D eigenvalue weighted by Crippen LogP contribution is 2.53. The molecule has 0 aromatic heterocycles. The highest BCUT2D eigenvalue weighted by Gasteiger charge is 2.77. The summed E-state index contributed by atoms with van der Waals surface area (Å²) < 4.78 is 28.6. The van der Waals surface area contributed by atoms with E-state index in [0.29, 0.717) is 5.56 Å². The maximum absolute atomic E-state index is 13.5. The zero-order chi connectivity index (χ0) is 23.7. The van der Waals surface area contributed by atoms with E-state index in [0.717, 1.165) is 0 Å². The van der Waals surface area contributed by atoms with Gasteiger partial charge < -0.3 is 28.6 Å². The Balaban J connectivity index is 1.91. The smallest absolute Gasteiger partial charge is 0.340 e. The van der Waals surface area contributed by atoms with Crippen LogP contribution in [0.5, 0.6) is 0 Å². The minimum atomic E-state index is -1.65. The molecule has 0 N–H and O–H groups in total. The minimum Gasteiger partial charge on any atom is -0.464 e. The number of ether oxygens (including phenoxy) is 5. The van der Waals surface area contributed by atoms with E-state index >= 15 is 0 Å². The molecule has 2 aliphatic rings. The molecule has 0 saturated carbocycles. The summed E-state index contributed by atoms with van der Waals surface area (Å²) in [6, 6.07) is 8.48. The fraction of sp³-hybridized carbons (Fsp3) is 0.609. The lowest BCUT2D eigenvalue weighted by Gasteiger charge is -2.46. The SMILES string of the molecule is CCOC(=O)[C@@]1([C@@H](C)OCOC(=O)c2ccccc2)N(C)C(=O)[C@H](C)[C@@]12COC(C)(C)O2. The Morgan fingerprint density at radius 1 is 1.22 bits per heavy atom. The number of benzene rings is 1. The molecule has 2 heterocycles. The summed E-state index contributed by atoms with van der Waals surface area (Å²) in [6.45, 7) is 8.13. The number of likely N-dealkylation sites (N-methyl/N-ethyl adjacent to an activating group) is 1. The highest BCUT2D eigenvalue weighted by atomic mass is 16.8. The molecule has 0 aliphatic carbocycles. The van der Waals surface area contributed by atoms with Gasteiger partial charge in [-0.25, -0.2) is 9.59 Å². The molecule has 1 aromatic carbocycles. The van der Waals surface area contributed by atoms with E-state index in [1.807, 2.05) is 0 Å². The first-order valence-electron chi connectivity index (χ1n) is 10.7. The van der Waals surface area contributed by atoms with E-state index in [-0.39, 0.29) is 19.1 Å². The van der Waals surface area contributed by atoms with Gasteiger partial charge in [0.15, 0.2) is 18.1 Å². The second kappa shape index (κ2) is 8.80. The predicted octanol–water partition coefficient (Wildman–Crippen LogP) is 2.14. The standard InChI is InChI=1S/C23H31NO8/c1-7-28-20(27)23(16(3)29-14-30-19(26)17-11-9-8-10-12-17)22(13-31-21(4,5)32-22)15(2)18(25)24(23)6/h8-12,15-16H,7,13-14H2,1-6H3/t15-,16+,22-,23+/m0/s1. The fourth-order valence-electron chi connectivity index (χ4n) is 4.76. The third kappa shape index (κ3) is 3.68. The van der Waals surface area contributed by atoms with Gasteiger partial charge in [-0.2, -0.15) is 0 Å². The molecule has 2 saturated heterocycles. The van der Waals surface area contributed by atoms with Gasteiger partial charge in [0.25, 0.3) is 0 Å². The average molecular weight is 450 g/mol. The van der Waals surface area contributed by atoms with Crippen LogP contribution in [0.15, 0.2) is 30.3 Å². The van der Waals surface area contributed by atoms with Gasteiger partial charge in [0.05, 0.1) is 30.8 Å². The van der Waals surface area contributed by atoms with Crippen molar-refractivity contribution in [1.29, 1.82) is 0 Å². The van der Waals surface area contributed by atoms with Gasteiger partial charge in [0.1, 0.15) is 5.60 Å². The first kappa shape index (κ1) is 24.2. The largest absolute Gasteiger partial charge is 0.464 e. The maximum Gasteiger partial charge on any atom is 0.340 e. The molecule has 4 atom stereocenters. The quantitative estimate of drug-likeness (QED) is 0.461. The molecule has 3 rings (SSSR count). The third-order valence-corrected chi connectivity index (χ3v) is 6.33. The van der Waals surface area contributed by atoms with Crippen molar-refractivity contribution in [3.63, 3.8) is 0 Å². The van der Waals surface area contributed by atoms with Gasteiger partial charge in [-0.05, 0) is 39.8 Å². The second-order valence-electron chi connectivity index (χ2n) is 8.51. The predicted molar refractivity (Wildman–Crippen MR) is 112 cm³/mol. The number of esters is 2. The molecule has 1 aromatic rings. The molecule has 2 fully saturated rings. The Labute approximate surface area is 187 Å². The molecule has 2 aliphatic heterocycles. The lowest BCUT2D eigenvalue weighted by molar-refractivity contribution is -0.222. The maximum atomic E-state index is 13.5. The lowest BCUT2D eigenvalue weighted by Crippen LogP contribution is -2.71. The van der Waals surface area contributed by atoms with Crippen molar-refractivity contribution in [2.75, 3.05) is 27.1 Å². The van der Waals surface area contributed by atoms with Crippen molar-refractivity contribution < 1.29 is 38.1 Å². The van der Waals surface area contributed by atoms with Crippen LogP contribution in [-0.2, 0) is 33.3 Å². The monoisotopic (exact) mass is 449 g/mol. The molecule has 1 amide bonds. The Morgan fingerprint density at radius 3 is 2.44 bits per heavy atom. The molecule has 9 heteroatoms. The summed E-state index contributed by atoms with van der Waals surface area (Å²) in [6.07, 6.45) is -0.943. The van der Waals surface area contributed by atoms with E-state index in [2.05, 4.69) is 0 Å². The lowest BCUT2D eigenvalue weighted by atomic mass is 9.72. The van der Waals surface area contributed by atoms with E-state index in [1.54, 1.807) is 65.0 Å². The first-order valence-corrected chi connectivity index (χ1v) is 10.7. The molecule has 0 bridgehead atoms. The van der Waals surface area contributed by atoms with Crippen LogP contribution < -0.4 is 0 Å². The number of hydrogen-bond acceptors (Lipinski definition) is 8. The number of amides is 1. The summed E-state index contributed by atoms with van der Waals surface area (Å²) in [5.41, 5.74) is -2.62. The summed E-state index contributed by atoms with van der Waals surface area (Å²) in [7, 11) is 1.52. The molecule has 0 unspecified atom stereocenters. The van der Waals surface area contributed by atoms with Gasteiger partial charge in [0, 0.05) is 7.05 Å². The average Bonchev–Trinajstić information content (AvgIpc) is 3.16. The van der Waals surface area contributed by atoms with Crippen molar-refractivity contribution in [2.45, 2.75) is 57.6 Å². The van der Waals surface area contributed by atoms with Gasteiger partial charge in [0.2, 0.25) is 5.91 Å². The molecular weight excluding hydrogens is 418 g/mol. The zero-order valence-corrected chi connectivity index (χ0v) is 19.4. The number of carbonyl (C=O) groups is 3. The van der Waals surface area contributed by atoms with E-state index in [1.165, 1.54) is 11.9 Å². The van der Waals surface area contributed by atoms with E-state index in [4.69, 9.17) is 23.7 Å². The topological polar surface area (TPSA) is 101 Å². The molecule has 9 nitrogen and oxygen atoms in total. The minimum absolute atomic E-state index is 0.00638. The number of carbonyl (C=O) groups excluding carboxylic acids is 3. The van der Waals surface area contributed by atoms with Crippen molar-refractivity contribution in [1.82, 2.24) is 4.90 Å². The summed E-state index contributed by atoms with van der Waals surface area (Å²) in [4.78, 5) is 40.2. The number of likely N-dealkylation sites (tertiary alicyclic amines) is 1. The summed E-state index contributed by atoms with van der Waals surface area (Å²) >= 11 is 0. The number of rotatable bonds is 7. The molecule has 32 heavy (non-hydrogen) atoms. The van der Waals surface area contributed by atoms with Crippen LogP contribution in [-0.4, -0.2) is 72.8 Å². The normalized spacial score (nSPS) is 29.9. The van der Waals surface area contributed by atoms with Crippen LogP contribution in [0.1, 0.15) is 45.0 Å². The Bertz CT molecular complexity index is 872. The van der Waals surface area contributed by atoms with Gasteiger partial charge in [-0.15, -0.1) is 0 Å². The molecule has 0 radical (unpaired) electrons. The van der Waals surface area contributed by atoms with Gasteiger partial charge in [-0.1, -0.05) is 25.1 Å². The molecule has 176 valence electrons. The van der Waals surface area contributed by atoms with Crippen LogP contribution in [0.2, 0.25) is 0 Å². The summed E-state index contributed by atoms with van der Waals surface area (Å²) in [5.74, 6) is -3.24. The van der Waals surface area contributed by atoms with Crippen LogP contribution in [0.3, 0.4) is 0 Å². The highest BCUT2D eigenvalue weighted by molar-refractivity contribution is 5.96. The second-order valence-corrected chi connectivity index (χ2v) is 8.51. The Hall–Kier alpha value is -2.49. The van der Waals surface area contributed by atoms with Gasteiger partial charge >= 0.3 is 11.9 Å². The van der Waals surface area contributed by atoms with Crippen LogP contribution in [0.25, 0.3) is 0 Å². The van der Waals surface area contributed by atoms with Crippen LogP contribution in [0.4, 0.5) is 0 Å². The molecular formula is C23H31NO8. The van der Waals surface area contributed by atoms with Crippen LogP contribution >= 0.6 is 0 Å². The third-order valence-electron chi connectivity index (χ3n) is 6.33. The molecule has 1 spiro atoms. The van der Waals surface area contributed by atoms with Crippen molar-refractivity contribution in [3.8, 4) is 0 Å². The summed E-state index contributed by atoms with van der Waals surface area (Å²) in [5, 5.41) is 0. The van der Waals surface area contributed by atoms with Crippen molar-refractivity contribution in [2.24, 2.45) is 5.92 Å². The number of nitrogens with zero attached hydrogens (tertiary/aromatic N) is 1. The zero-order valence-electron chi connectivity index (χ0n) is 19.4. The van der Waals surface area contributed by atoms with Crippen molar-refractivity contribution in [3.05, 3.63) is 35.9 Å². The van der Waals surface area contributed by atoms with E-state index in [9.17, 15) is 14.4 Å². The van der Waals surface area contributed by atoms with Crippen LogP contribution in [0, 0.1) is 5.92 Å².